The second kappa shape index (κ2) is 4.44. The maximum Gasteiger partial charge on any atom is 0.331 e. The first-order valence-electron chi connectivity index (χ1n) is 3.13. The zero-order valence-electron chi connectivity index (χ0n) is 6.33. The second-order valence-electron chi connectivity index (χ2n) is 2.09. The first kappa shape index (κ1) is 9.62. The molecule has 3 heteroatoms. The Bertz CT molecular complexity index is 213. The fourth-order valence-electron chi connectivity index (χ4n) is 0.504. The third-order valence-corrected chi connectivity index (χ3v) is 1.06. The quantitative estimate of drug-likeness (QED) is 0.488. The molecule has 0 fully saturated rings. The maximum absolute atomic E-state index is 10.7. The van der Waals surface area contributed by atoms with Crippen molar-refractivity contribution in [3.8, 4) is 0 Å². The Hall–Kier alpha value is -1.38. The third kappa shape index (κ3) is 4.08. The Morgan fingerprint density at radius 3 is 2.45 bits per heavy atom. The van der Waals surface area contributed by atoms with Gasteiger partial charge >= 0.3 is 5.97 Å². The summed E-state index contributed by atoms with van der Waals surface area (Å²) >= 11 is 0. The lowest BCUT2D eigenvalue weighted by Gasteiger charge is -1.90. The number of aliphatic carboxylic acids is 1. The summed E-state index contributed by atoms with van der Waals surface area (Å²) in [5.74, 6) is -1.30. The maximum atomic E-state index is 10.7. The lowest BCUT2D eigenvalue weighted by molar-refractivity contribution is -0.132. The van der Waals surface area contributed by atoms with Gasteiger partial charge in [-0.25, -0.2) is 4.79 Å². The minimum absolute atomic E-state index is 0.0526. The molecule has 0 aromatic rings. The fraction of sp³-hybridized carbons (Fsp3) is 0.250. The van der Waals surface area contributed by atoms with Gasteiger partial charge in [-0.15, -0.1) is 6.58 Å². The van der Waals surface area contributed by atoms with Gasteiger partial charge in [-0.05, 0) is 13.0 Å². The van der Waals surface area contributed by atoms with Crippen molar-refractivity contribution < 1.29 is 14.7 Å². The van der Waals surface area contributed by atoms with E-state index in [1.165, 1.54) is 13.0 Å². The highest BCUT2D eigenvalue weighted by molar-refractivity contribution is 5.98. The monoisotopic (exact) mass is 154 g/mol. The van der Waals surface area contributed by atoms with E-state index < -0.39 is 5.97 Å². The largest absolute Gasteiger partial charge is 0.478 e. The van der Waals surface area contributed by atoms with Crippen molar-refractivity contribution in [3.63, 3.8) is 0 Å². The molecule has 0 aromatic carbocycles. The summed E-state index contributed by atoms with van der Waals surface area (Å²) < 4.78 is 0. The summed E-state index contributed by atoms with van der Waals surface area (Å²) in [7, 11) is 0. The zero-order chi connectivity index (χ0) is 8.85. The average Bonchev–Trinajstić information content (AvgIpc) is 1.87. The van der Waals surface area contributed by atoms with Gasteiger partial charge in [0, 0.05) is 12.0 Å². The number of ketones is 1. The molecule has 0 amide bonds. The van der Waals surface area contributed by atoms with E-state index in [-0.39, 0.29) is 17.8 Å². The highest BCUT2D eigenvalue weighted by atomic mass is 16.4. The molecule has 0 saturated carbocycles. The van der Waals surface area contributed by atoms with Crippen LogP contribution in [-0.2, 0) is 9.59 Å². The van der Waals surface area contributed by atoms with Crippen molar-refractivity contribution in [2.24, 2.45) is 0 Å². The van der Waals surface area contributed by atoms with E-state index in [0.29, 0.717) is 0 Å². The van der Waals surface area contributed by atoms with Crippen molar-refractivity contribution >= 4 is 11.8 Å². The predicted molar refractivity (Wildman–Crippen MR) is 41.2 cm³/mol. The van der Waals surface area contributed by atoms with Crippen molar-refractivity contribution in [2.75, 3.05) is 0 Å². The van der Waals surface area contributed by atoms with Crippen LogP contribution in [0, 0.1) is 0 Å². The van der Waals surface area contributed by atoms with Gasteiger partial charge in [0.25, 0.3) is 0 Å². The summed E-state index contributed by atoms with van der Waals surface area (Å²) in [6.45, 7) is 4.73. The number of carboxylic acid groups (broad SMARTS) is 1. The molecular weight excluding hydrogens is 144 g/mol. The smallest absolute Gasteiger partial charge is 0.331 e. The van der Waals surface area contributed by atoms with Crippen molar-refractivity contribution in [1.82, 2.24) is 0 Å². The lowest BCUT2D eigenvalue weighted by Crippen LogP contribution is -2.00. The van der Waals surface area contributed by atoms with Crippen LogP contribution in [0.2, 0.25) is 0 Å². The zero-order valence-corrected chi connectivity index (χ0v) is 6.33. The van der Waals surface area contributed by atoms with Gasteiger partial charge in [-0.1, -0.05) is 6.08 Å². The summed E-state index contributed by atoms with van der Waals surface area (Å²) in [5, 5.41) is 8.35. The standard InChI is InChI=1S/C8H10O3/c1-3-4-7(9)5-6(2)8(10)11/h3,5H,1,4H2,2H3,(H,10,11). The Morgan fingerprint density at radius 1 is 1.55 bits per heavy atom. The molecule has 0 rings (SSSR count). The molecule has 0 heterocycles. The number of carbonyl (C=O) groups is 2. The van der Waals surface area contributed by atoms with Gasteiger partial charge in [0.1, 0.15) is 0 Å². The number of allylic oxidation sites excluding steroid dienone is 2. The molecular formula is C8H10O3. The molecule has 60 valence electrons. The van der Waals surface area contributed by atoms with Gasteiger partial charge in [0.2, 0.25) is 0 Å². The lowest BCUT2D eigenvalue weighted by atomic mass is 10.2. The van der Waals surface area contributed by atoms with Crippen LogP contribution < -0.4 is 0 Å². The van der Waals surface area contributed by atoms with Gasteiger partial charge < -0.3 is 5.11 Å². The molecule has 0 aliphatic heterocycles. The minimum atomic E-state index is -1.07. The first-order valence-corrected chi connectivity index (χ1v) is 3.13. The number of hydrogen-bond acceptors (Lipinski definition) is 2. The molecule has 0 radical (unpaired) electrons. The molecule has 0 saturated heterocycles. The predicted octanol–water partition coefficient (Wildman–Crippen LogP) is 1.16. The van der Waals surface area contributed by atoms with Crippen LogP contribution in [0.3, 0.4) is 0 Å². The summed E-state index contributed by atoms with van der Waals surface area (Å²) in [5.41, 5.74) is 0.0526. The number of carboxylic acids is 1. The van der Waals surface area contributed by atoms with Crippen LogP contribution in [0.4, 0.5) is 0 Å². The van der Waals surface area contributed by atoms with E-state index in [1.54, 1.807) is 0 Å². The fourth-order valence-corrected chi connectivity index (χ4v) is 0.504. The van der Waals surface area contributed by atoms with Crippen LogP contribution >= 0.6 is 0 Å². The van der Waals surface area contributed by atoms with Crippen molar-refractivity contribution in [3.05, 3.63) is 24.3 Å². The highest BCUT2D eigenvalue weighted by Gasteiger charge is 2.01. The normalized spacial score (nSPS) is 10.8. The van der Waals surface area contributed by atoms with E-state index >= 15 is 0 Å². The summed E-state index contributed by atoms with van der Waals surface area (Å²) in [6.07, 6.45) is 2.72. The van der Waals surface area contributed by atoms with E-state index in [1.807, 2.05) is 0 Å². The summed E-state index contributed by atoms with van der Waals surface area (Å²) in [4.78, 5) is 20.9. The molecule has 0 unspecified atom stereocenters. The minimum Gasteiger partial charge on any atom is -0.478 e. The third-order valence-electron chi connectivity index (χ3n) is 1.06. The number of rotatable bonds is 4. The molecule has 0 aliphatic carbocycles. The molecule has 0 aliphatic rings. The molecule has 0 aromatic heterocycles. The topological polar surface area (TPSA) is 54.4 Å². The average molecular weight is 154 g/mol. The Morgan fingerprint density at radius 2 is 2.09 bits per heavy atom. The Kier molecular flexibility index (Phi) is 3.88. The SMILES string of the molecule is C=CCC(=O)C=C(C)C(=O)O. The number of hydrogen-bond donors (Lipinski definition) is 1. The van der Waals surface area contributed by atoms with Crippen molar-refractivity contribution in [2.45, 2.75) is 13.3 Å². The molecule has 1 N–H and O–H groups in total. The second-order valence-corrected chi connectivity index (χ2v) is 2.09. The van der Waals surface area contributed by atoms with E-state index in [9.17, 15) is 9.59 Å². The molecule has 0 atom stereocenters. The van der Waals surface area contributed by atoms with Crippen LogP contribution in [0.15, 0.2) is 24.3 Å². The van der Waals surface area contributed by atoms with Crippen molar-refractivity contribution in [1.29, 1.82) is 0 Å². The number of carbonyl (C=O) groups excluding carboxylic acids is 1. The Balaban J connectivity index is 4.18. The van der Waals surface area contributed by atoms with Gasteiger partial charge in [-0.3, -0.25) is 4.79 Å². The van der Waals surface area contributed by atoms with E-state index in [4.69, 9.17) is 5.11 Å². The Labute approximate surface area is 65.0 Å². The molecule has 3 nitrogen and oxygen atoms in total. The van der Waals surface area contributed by atoms with Crippen LogP contribution in [0.25, 0.3) is 0 Å². The van der Waals surface area contributed by atoms with E-state index in [0.717, 1.165) is 6.08 Å². The first-order chi connectivity index (χ1) is 5.07. The molecule has 0 bridgehead atoms. The summed E-state index contributed by atoms with van der Waals surface area (Å²) in [6, 6.07) is 0. The van der Waals surface area contributed by atoms with Crippen LogP contribution in [0.1, 0.15) is 13.3 Å². The van der Waals surface area contributed by atoms with E-state index in [2.05, 4.69) is 6.58 Å². The van der Waals surface area contributed by atoms with Gasteiger partial charge in [0.05, 0.1) is 0 Å². The molecule has 0 spiro atoms. The highest BCUT2D eigenvalue weighted by Crippen LogP contribution is 1.95. The van der Waals surface area contributed by atoms with Crippen LogP contribution in [-0.4, -0.2) is 16.9 Å². The van der Waals surface area contributed by atoms with Gasteiger partial charge in [-0.2, -0.15) is 0 Å². The molecule has 11 heavy (non-hydrogen) atoms. The van der Waals surface area contributed by atoms with Gasteiger partial charge in [0.15, 0.2) is 5.78 Å². The van der Waals surface area contributed by atoms with Crippen LogP contribution in [0.5, 0.6) is 0 Å².